The molecule has 1 amide bonds. The topological polar surface area (TPSA) is 172 Å². The molecule has 2 saturated carbocycles. The van der Waals surface area contributed by atoms with Crippen LogP contribution in [0.2, 0.25) is 10.0 Å². The molecular weight excluding hydrogens is 611 g/mol. The van der Waals surface area contributed by atoms with E-state index < -0.39 is 50.1 Å². The fourth-order valence-electron chi connectivity index (χ4n) is 4.15. The van der Waals surface area contributed by atoms with Crippen molar-refractivity contribution in [3.63, 3.8) is 0 Å². The van der Waals surface area contributed by atoms with Crippen LogP contribution in [0.1, 0.15) is 37.8 Å². The van der Waals surface area contributed by atoms with Gasteiger partial charge in [-0.2, -0.15) is 9.78 Å². The number of aromatic hydroxyl groups is 1. The Balaban J connectivity index is 1.34. The number of ether oxygens (including phenoxy) is 1. The van der Waals surface area contributed by atoms with Gasteiger partial charge in [0.15, 0.2) is 11.4 Å². The molecule has 2 aliphatic carbocycles. The normalized spacial score (nSPS) is 18.7. The first-order valence-corrected chi connectivity index (χ1v) is 14.4. The maximum atomic E-state index is 13.1. The lowest BCUT2D eigenvalue weighted by atomic mass is 9.80. The van der Waals surface area contributed by atoms with Crippen LogP contribution >= 0.6 is 23.2 Å². The van der Waals surface area contributed by atoms with Crippen LogP contribution < -0.4 is 26.0 Å². The summed E-state index contributed by atoms with van der Waals surface area (Å²) in [7, 11) is -4.22. The van der Waals surface area contributed by atoms with Crippen LogP contribution in [-0.2, 0) is 14.8 Å². The van der Waals surface area contributed by atoms with Crippen molar-refractivity contribution in [1.29, 1.82) is 0 Å². The predicted molar refractivity (Wildman–Crippen MR) is 142 cm³/mol. The molecule has 0 aliphatic heterocycles. The highest BCUT2D eigenvalue weighted by atomic mass is 35.5. The fraction of sp³-hybridized carbons (Fsp3) is 0.333. The third-order valence-electron chi connectivity index (χ3n) is 6.48. The maximum Gasteiger partial charge on any atom is 0.349 e. The highest BCUT2D eigenvalue weighted by Crippen LogP contribution is 2.40. The van der Waals surface area contributed by atoms with E-state index in [0.717, 1.165) is 37.1 Å². The SMILES string of the molecule is O=C(NC1CC1)C1CC(NS(=O)(=O)c2cc(Oc3c(Cl)cc(-n4nc(C(F)F)c(=O)[nH]c4=O)cc3Cl)ccc2O)C1. The van der Waals surface area contributed by atoms with Crippen molar-refractivity contribution >= 4 is 39.1 Å². The zero-order valence-corrected chi connectivity index (χ0v) is 23.1. The molecule has 17 heteroatoms. The minimum atomic E-state index is -4.22. The number of benzene rings is 2. The number of nitrogens with zero attached hydrogens (tertiary/aromatic N) is 2. The monoisotopic (exact) mass is 631 g/mol. The molecule has 0 radical (unpaired) electrons. The van der Waals surface area contributed by atoms with E-state index in [1.807, 2.05) is 0 Å². The fourth-order valence-corrected chi connectivity index (χ4v) is 6.07. The Hall–Kier alpha value is -3.53. The summed E-state index contributed by atoms with van der Waals surface area (Å²) < 4.78 is 60.8. The number of aromatic nitrogens is 3. The number of hydrogen-bond acceptors (Lipinski definition) is 8. The Morgan fingerprint density at radius 2 is 1.78 bits per heavy atom. The molecule has 0 unspecified atom stereocenters. The Bertz CT molecular complexity index is 1730. The first-order chi connectivity index (χ1) is 19.3. The molecule has 5 rings (SSSR count). The third kappa shape index (κ3) is 6.22. The lowest BCUT2D eigenvalue weighted by Gasteiger charge is -2.34. The second-order valence-corrected chi connectivity index (χ2v) is 12.1. The lowest BCUT2D eigenvalue weighted by molar-refractivity contribution is -0.128. The molecule has 12 nitrogen and oxygen atoms in total. The van der Waals surface area contributed by atoms with Gasteiger partial charge in [0, 0.05) is 24.1 Å². The molecule has 1 aromatic heterocycles. The smallest absolute Gasteiger partial charge is 0.349 e. The molecule has 2 fully saturated rings. The van der Waals surface area contributed by atoms with Gasteiger partial charge in [-0.05, 0) is 49.9 Å². The van der Waals surface area contributed by atoms with Crippen LogP contribution in [-0.4, -0.2) is 46.3 Å². The molecule has 2 aromatic carbocycles. The van der Waals surface area contributed by atoms with Gasteiger partial charge in [0.25, 0.3) is 12.0 Å². The van der Waals surface area contributed by atoms with Gasteiger partial charge in [-0.1, -0.05) is 23.2 Å². The second kappa shape index (κ2) is 11.0. The van der Waals surface area contributed by atoms with Crippen molar-refractivity contribution < 1.29 is 31.8 Å². The molecule has 1 heterocycles. The lowest BCUT2D eigenvalue weighted by Crippen LogP contribution is -2.49. The average Bonchev–Trinajstić information content (AvgIpc) is 3.67. The number of phenolic OH excluding ortho intramolecular Hbond substituents is 1. The van der Waals surface area contributed by atoms with Crippen LogP contribution in [0, 0.1) is 5.92 Å². The molecule has 0 atom stereocenters. The number of amides is 1. The minimum absolute atomic E-state index is 0.0886. The highest BCUT2D eigenvalue weighted by Gasteiger charge is 2.39. The number of nitrogens with one attached hydrogen (secondary N) is 3. The maximum absolute atomic E-state index is 13.1. The van der Waals surface area contributed by atoms with Gasteiger partial charge in [-0.25, -0.2) is 26.7 Å². The number of carbonyl (C=O) groups excluding carboxylic acids is 1. The summed E-state index contributed by atoms with van der Waals surface area (Å²) in [4.78, 5) is 37.1. The van der Waals surface area contributed by atoms with E-state index in [-0.39, 0.29) is 45.1 Å². The molecule has 0 bridgehead atoms. The standard InChI is InChI=1S/C24H21Cl2F2N5O7S/c25-15-7-13(33-24(37)30-23(36)19(31-33)21(27)28)8-16(26)20(15)40-14-3-4-17(34)18(9-14)41(38,39)32-12-5-10(6-12)22(35)29-11-1-2-11/h3-4,7-12,21,32,34H,1-2,5-6H2,(H,29,35)(H,30,36,37). The first kappa shape index (κ1) is 29.0. The average molecular weight is 632 g/mol. The van der Waals surface area contributed by atoms with Gasteiger partial charge < -0.3 is 15.2 Å². The number of aromatic amines is 1. The van der Waals surface area contributed by atoms with Crippen LogP contribution in [0.25, 0.3) is 5.69 Å². The van der Waals surface area contributed by atoms with E-state index in [1.54, 1.807) is 4.98 Å². The number of sulfonamides is 1. The van der Waals surface area contributed by atoms with Gasteiger partial charge in [-0.15, -0.1) is 0 Å². The van der Waals surface area contributed by atoms with Gasteiger partial charge >= 0.3 is 5.69 Å². The number of alkyl halides is 2. The molecule has 3 aromatic rings. The summed E-state index contributed by atoms with van der Waals surface area (Å²) >= 11 is 12.5. The molecule has 41 heavy (non-hydrogen) atoms. The number of rotatable bonds is 9. The van der Waals surface area contributed by atoms with Gasteiger partial charge in [0.2, 0.25) is 15.9 Å². The predicted octanol–water partition coefficient (Wildman–Crippen LogP) is 3.00. The molecule has 2 aliphatic rings. The quantitative estimate of drug-likeness (QED) is 0.279. The largest absolute Gasteiger partial charge is 0.507 e. The highest BCUT2D eigenvalue weighted by molar-refractivity contribution is 7.89. The summed E-state index contributed by atoms with van der Waals surface area (Å²) in [5.41, 5.74) is -3.83. The van der Waals surface area contributed by atoms with E-state index in [0.29, 0.717) is 17.5 Å². The molecule has 218 valence electrons. The van der Waals surface area contributed by atoms with E-state index in [2.05, 4.69) is 15.1 Å². The van der Waals surface area contributed by atoms with E-state index in [4.69, 9.17) is 27.9 Å². The van der Waals surface area contributed by atoms with E-state index in [1.165, 1.54) is 6.07 Å². The minimum Gasteiger partial charge on any atom is -0.507 e. The number of H-pyrrole nitrogens is 1. The Kier molecular flexibility index (Phi) is 7.80. The summed E-state index contributed by atoms with van der Waals surface area (Å²) in [6.07, 6.45) is -0.731. The summed E-state index contributed by atoms with van der Waals surface area (Å²) in [5, 5.41) is 16.1. The van der Waals surface area contributed by atoms with Gasteiger partial charge in [-0.3, -0.25) is 14.6 Å². The molecule has 4 N–H and O–H groups in total. The van der Waals surface area contributed by atoms with Crippen LogP contribution in [0.3, 0.4) is 0 Å². The Morgan fingerprint density at radius 3 is 2.39 bits per heavy atom. The Labute approximate surface area is 240 Å². The number of phenols is 1. The first-order valence-electron chi connectivity index (χ1n) is 12.2. The third-order valence-corrected chi connectivity index (χ3v) is 8.59. The van der Waals surface area contributed by atoms with Crippen molar-refractivity contribution in [2.75, 3.05) is 0 Å². The van der Waals surface area contributed by atoms with Crippen LogP contribution in [0.5, 0.6) is 17.2 Å². The molecule has 0 spiro atoms. The summed E-state index contributed by atoms with van der Waals surface area (Å²) in [5.74, 6) is -1.22. The Morgan fingerprint density at radius 1 is 1.12 bits per heavy atom. The molecule has 0 saturated heterocycles. The van der Waals surface area contributed by atoms with Crippen molar-refractivity contribution in [3.05, 3.63) is 66.9 Å². The zero-order valence-electron chi connectivity index (χ0n) is 20.7. The van der Waals surface area contributed by atoms with Gasteiger partial charge in [0.1, 0.15) is 16.4 Å². The van der Waals surface area contributed by atoms with Crippen molar-refractivity contribution in [2.45, 2.75) is 49.1 Å². The number of carbonyl (C=O) groups is 1. The van der Waals surface area contributed by atoms with Crippen LogP contribution in [0.15, 0.2) is 44.8 Å². The number of halogens is 4. The van der Waals surface area contributed by atoms with Crippen molar-refractivity contribution in [1.82, 2.24) is 24.8 Å². The van der Waals surface area contributed by atoms with Crippen molar-refractivity contribution in [2.24, 2.45) is 5.92 Å². The van der Waals surface area contributed by atoms with Gasteiger partial charge in [0.05, 0.1) is 15.7 Å². The summed E-state index contributed by atoms with van der Waals surface area (Å²) in [6, 6.07) is 5.30. The molecular formula is C24H21Cl2F2N5O7S. The summed E-state index contributed by atoms with van der Waals surface area (Å²) in [6.45, 7) is 0. The van der Waals surface area contributed by atoms with Crippen molar-refractivity contribution in [3.8, 4) is 22.9 Å². The zero-order chi connectivity index (χ0) is 29.6. The van der Waals surface area contributed by atoms with E-state index in [9.17, 15) is 36.7 Å². The number of hydrogen-bond donors (Lipinski definition) is 4. The van der Waals surface area contributed by atoms with E-state index >= 15 is 0 Å². The van der Waals surface area contributed by atoms with Crippen LogP contribution in [0.4, 0.5) is 8.78 Å². The second-order valence-electron chi connectivity index (χ2n) is 9.60.